The van der Waals surface area contributed by atoms with Crippen LogP contribution in [0.5, 0.6) is 0 Å². The van der Waals surface area contributed by atoms with E-state index in [9.17, 15) is 9.59 Å². The van der Waals surface area contributed by atoms with Crippen LogP contribution < -0.4 is 10.6 Å². The number of nitrogens with one attached hydrogen (secondary N) is 2. The van der Waals surface area contributed by atoms with E-state index in [2.05, 4.69) is 10.6 Å². The molecule has 1 rings (SSSR count). The van der Waals surface area contributed by atoms with E-state index in [0.717, 1.165) is 30.8 Å². The van der Waals surface area contributed by atoms with Gasteiger partial charge in [0, 0.05) is 11.8 Å². The van der Waals surface area contributed by atoms with E-state index in [1.54, 1.807) is 0 Å². The summed E-state index contributed by atoms with van der Waals surface area (Å²) in [6.07, 6.45) is 2.79. The average Bonchev–Trinajstić information content (AvgIpc) is 2.36. The minimum absolute atomic E-state index is 0.0750. The van der Waals surface area contributed by atoms with Gasteiger partial charge in [-0.3, -0.25) is 0 Å². The van der Waals surface area contributed by atoms with E-state index in [0.29, 0.717) is 0 Å². The molecule has 0 aromatic rings. The van der Waals surface area contributed by atoms with Crippen LogP contribution in [0.4, 0.5) is 4.79 Å². The lowest BCUT2D eigenvalue weighted by Crippen LogP contribution is -2.52. The third kappa shape index (κ3) is 4.76. The van der Waals surface area contributed by atoms with Crippen LogP contribution in [-0.4, -0.2) is 40.7 Å². The summed E-state index contributed by atoms with van der Waals surface area (Å²) >= 11 is 1.82. The number of carboxylic acid groups (broad SMARTS) is 1. The molecule has 1 aliphatic rings. The quantitative estimate of drug-likeness (QED) is 0.713. The van der Waals surface area contributed by atoms with Crippen molar-refractivity contribution >= 4 is 23.8 Å². The zero-order valence-electron chi connectivity index (χ0n) is 10.9. The van der Waals surface area contributed by atoms with Crippen LogP contribution in [0.25, 0.3) is 0 Å². The van der Waals surface area contributed by atoms with Gasteiger partial charge in [-0.05, 0) is 24.5 Å². The molecule has 0 saturated carbocycles. The lowest BCUT2D eigenvalue weighted by Gasteiger charge is -2.25. The minimum Gasteiger partial charge on any atom is -0.480 e. The van der Waals surface area contributed by atoms with Gasteiger partial charge >= 0.3 is 12.0 Å². The number of carbonyl (C=O) groups is 2. The van der Waals surface area contributed by atoms with Crippen molar-refractivity contribution in [3.05, 3.63) is 0 Å². The summed E-state index contributed by atoms with van der Waals surface area (Å²) in [6.45, 7) is 3.74. The molecule has 104 valence electrons. The Morgan fingerprint density at radius 2 is 2.22 bits per heavy atom. The second-order valence-electron chi connectivity index (χ2n) is 4.73. The Bertz CT molecular complexity index is 293. The summed E-state index contributed by atoms with van der Waals surface area (Å²) in [4.78, 5) is 22.8. The van der Waals surface area contributed by atoms with Crippen LogP contribution in [0.1, 0.15) is 33.1 Å². The third-order valence-corrected chi connectivity index (χ3v) is 4.48. The van der Waals surface area contributed by atoms with Gasteiger partial charge in [0.2, 0.25) is 0 Å². The first-order valence-electron chi connectivity index (χ1n) is 6.42. The fourth-order valence-electron chi connectivity index (χ4n) is 1.91. The Hall–Kier alpha value is -0.910. The molecule has 0 bridgehead atoms. The van der Waals surface area contributed by atoms with Crippen molar-refractivity contribution in [2.45, 2.75) is 45.2 Å². The van der Waals surface area contributed by atoms with E-state index < -0.39 is 12.0 Å². The second-order valence-corrected chi connectivity index (χ2v) is 5.88. The number of amides is 2. The number of thioether (sulfide) groups is 1. The second kappa shape index (κ2) is 7.51. The Labute approximate surface area is 112 Å². The summed E-state index contributed by atoms with van der Waals surface area (Å²) in [5.74, 6) is 1.00. The summed E-state index contributed by atoms with van der Waals surface area (Å²) in [5.41, 5.74) is 0. The molecule has 1 heterocycles. The van der Waals surface area contributed by atoms with Crippen LogP contribution in [0.15, 0.2) is 0 Å². The van der Waals surface area contributed by atoms with Crippen molar-refractivity contribution in [2.75, 3.05) is 11.5 Å². The molecule has 0 spiro atoms. The molecule has 1 saturated heterocycles. The summed E-state index contributed by atoms with van der Waals surface area (Å²) < 4.78 is 0. The Kier molecular flexibility index (Phi) is 6.32. The zero-order valence-corrected chi connectivity index (χ0v) is 11.8. The summed E-state index contributed by atoms with van der Waals surface area (Å²) in [7, 11) is 0. The van der Waals surface area contributed by atoms with Gasteiger partial charge in [-0.25, -0.2) is 9.59 Å². The maximum Gasteiger partial charge on any atom is 0.326 e. The highest BCUT2D eigenvalue weighted by atomic mass is 32.2. The van der Waals surface area contributed by atoms with Crippen LogP contribution in [0.2, 0.25) is 0 Å². The minimum atomic E-state index is -0.975. The topological polar surface area (TPSA) is 78.4 Å². The first-order valence-corrected chi connectivity index (χ1v) is 7.57. The van der Waals surface area contributed by atoms with Gasteiger partial charge in [-0.15, -0.1) is 0 Å². The number of hydrogen-bond acceptors (Lipinski definition) is 3. The third-order valence-electron chi connectivity index (χ3n) is 3.26. The zero-order chi connectivity index (χ0) is 13.5. The maximum absolute atomic E-state index is 11.8. The monoisotopic (exact) mass is 274 g/mol. The molecule has 0 aromatic carbocycles. The number of carbonyl (C=O) groups excluding carboxylic acids is 1. The number of urea groups is 1. The molecule has 1 aliphatic heterocycles. The molecule has 3 atom stereocenters. The molecule has 0 aromatic heterocycles. The molecule has 2 amide bonds. The van der Waals surface area contributed by atoms with Crippen LogP contribution in [0.3, 0.4) is 0 Å². The Balaban J connectivity index is 2.42. The highest BCUT2D eigenvalue weighted by molar-refractivity contribution is 7.99. The lowest BCUT2D eigenvalue weighted by molar-refractivity contribution is -0.140. The van der Waals surface area contributed by atoms with E-state index in [1.165, 1.54) is 0 Å². The van der Waals surface area contributed by atoms with Crippen LogP contribution in [0, 0.1) is 5.92 Å². The summed E-state index contributed by atoms with van der Waals surface area (Å²) in [5, 5.41) is 14.5. The fraction of sp³-hybridized carbons (Fsp3) is 0.833. The summed E-state index contributed by atoms with van der Waals surface area (Å²) in [6, 6.07) is -1.02. The molecule has 5 nitrogen and oxygen atoms in total. The first kappa shape index (κ1) is 15.1. The molecular weight excluding hydrogens is 252 g/mol. The van der Waals surface area contributed by atoms with Gasteiger partial charge in [-0.2, -0.15) is 11.8 Å². The van der Waals surface area contributed by atoms with Crippen molar-refractivity contribution in [2.24, 2.45) is 5.92 Å². The number of hydrogen-bond donors (Lipinski definition) is 3. The van der Waals surface area contributed by atoms with Crippen molar-refractivity contribution in [3.63, 3.8) is 0 Å². The smallest absolute Gasteiger partial charge is 0.326 e. The number of carboxylic acids is 1. The van der Waals surface area contributed by atoms with E-state index >= 15 is 0 Å². The first-order chi connectivity index (χ1) is 8.54. The fourth-order valence-corrected chi connectivity index (χ4v) is 2.98. The number of rotatable bonds is 5. The van der Waals surface area contributed by atoms with Gasteiger partial charge in [0.05, 0.1) is 0 Å². The molecule has 3 N–H and O–H groups in total. The molecule has 0 aliphatic carbocycles. The Morgan fingerprint density at radius 1 is 1.50 bits per heavy atom. The molecule has 6 heteroatoms. The standard InChI is InChI=1S/C12H22N2O3S/c1-3-8(2)10(11(15)16)14-12(17)13-9-5-4-6-18-7-9/h8-10H,3-7H2,1-2H3,(H,15,16)(H2,13,14,17). The normalized spacial score (nSPS) is 22.9. The molecule has 18 heavy (non-hydrogen) atoms. The molecule has 3 unspecified atom stereocenters. The van der Waals surface area contributed by atoms with Crippen molar-refractivity contribution in [1.29, 1.82) is 0 Å². The van der Waals surface area contributed by atoms with Gasteiger partial charge in [-0.1, -0.05) is 20.3 Å². The lowest BCUT2D eigenvalue weighted by atomic mass is 9.99. The average molecular weight is 274 g/mol. The van der Waals surface area contributed by atoms with Crippen LogP contribution in [-0.2, 0) is 4.79 Å². The highest BCUT2D eigenvalue weighted by Crippen LogP contribution is 2.16. The van der Waals surface area contributed by atoms with E-state index in [-0.39, 0.29) is 18.0 Å². The molecular formula is C12H22N2O3S. The molecule has 0 radical (unpaired) electrons. The van der Waals surface area contributed by atoms with E-state index in [4.69, 9.17) is 5.11 Å². The predicted molar refractivity (Wildman–Crippen MR) is 72.9 cm³/mol. The van der Waals surface area contributed by atoms with Crippen molar-refractivity contribution in [3.8, 4) is 0 Å². The SMILES string of the molecule is CCC(C)C(NC(=O)NC1CCCSC1)C(=O)O. The van der Waals surface area contributed by atoms with Gasteiger partial charge in [0.1, 0.15) is 6.04 Å². The molecule has 1 fully saturated rings. The van der Waals surface area contributed by atoms with Crippen molar-refractivity contribution in [1.82, 2.24) is 10.6 Å². The Morgan fingerprint density at radius 3 is 2.72 bits per heavy atom. The predicted octanol–water partition coefficient (Wildman–Crippen LogP) is 1.68. The van der Waals surface area contributed by atoms with Crippen molar-refractivity contribution < 1.29 is 14.7 Å². The van der Waals surface area contributed by atoms with Gasteiger partial charge in [0.25, 0.3) is 0 Å². The van der Waals surface area contributed by atoms with Gasteiger partial charge < -0.3 is 15.7 Å². The van der Waals surface area contributed by atoms with E-state index in [1.807, 2.05) is 25.6 Å². The highest BCUT2D eigenvalue weighted by Gasteiger charge is 2.26. The van der Waals surface area contributed by atoms with Crippen LogP contribution >= 0.6 is 11.8 Å². The number of aliphatic carboxylic acids is 1. The van der Waals surface area contributed by atoms with Gasteiger partial charge in [0.15, 0.2) is 0 Å². The maximum atomic E-state index is 11.8. The largest absolute Gasteiger partial charge is 0.480 e.